The largest absolute Gasteiger partial charge is 0.338 e. The van der Waals surface area contributed by atoms with Gasteiger partial charge in [-0.15, -0.1) is 11.3 Å². The number of benzene rings is 1. The second-order valence-corrected chi connectivity index (χ2v) is 7.65. The number of nitrogens with zero attached hydrogens (tertiary/aromatic N) is 1. The molecule has 1 aromatic carbocycles. The molecule has 0 bridgehead atoms. The van der Waals surface area contributed by atoms with Gasteiger partial charge in [-0.05, 0) is 43.0 Å². The van der Waals surface area contributed by atoms with E-state index in [0.29, 0.717) is 12.5 Å². The van der Waals surface area contributed by atoms with Gasteiger partial charge in [0.15, 0.2) is 0 Å². The first-order valence-electron chi connectivity index (χ1n) is 8.84. The molecule has 0 radical (unpaired) electrons. The Hall–Kier alpha value is -1.65. The molecule has 1 aliphatic heterocycles. The van der Waals surface area contributed by atoms with Gasteiger partial charge in [-0.3, -0.25) is 4.79 Å². The van der Waals surface area contributed by atoms with E-state index >= 15 is 0 Å². The van der Waals surface area contributed by atoms with Crippen molar-refractivity contribution in [3.63, 3.8) is 0 Å². The van der Waals surface area contributed by atoms with E-state index in [0.717, 1.165) is 32.5 Å². The van der Waals surface area contributed by atoms with Gasteiger partial charge in [0.1, 0.15) is 0 Å². The Kier molecular flexibility index (Phi) is 5.69. The molecule has 1 amide bonds. The van der Waals surface area contributed by atoms with Crippen molar-refractivity contribution in [3.05, 3.63) is 57.3 Å². The maximum atomic E-state index is 11.9. The minimum Gasteiger partial charge on any atom is -0.338 e. The Labute approximate surface area is 148 Å². The molecule has 3 nitrogen and oxygen atoms in total. The highest BCUT2D eigenvalue weighted by Gasteiger charge is 2.21. The standard InChI is InChI=1S/C20H26N2OS/c1-3-18-10-11-19(24-18)15(2)21-13-16-7-4-5-8-17(16)14-22-12-6-9-20(22)23/h4-5,7-8,10-11,15,21H,3,6,9,12-14H2,1-2H3. The number of rotatable bonds is 7. The van der Waals surface area contributed by atoms with Gasteiger partial charge >= 0.3 is 0 Å². The minimum absolute atomic E-state index is 0.289. The van der Waals surface area contributed by atoms with Crippen molar-refractivity contribution in [2.75, 3.05) is 6.54 Å². The van der Waals surface area contributed by atoms with Crippen molar-refractivity contribution in [1.29, 1.82) is 0 Å². The molecule has 2 heterocycles. The van der Waals surface area contributed by atoms with E-state index in [1.807, 2.05) is 16.2 Å². The second kappa shape index (κ2) is 7.95. The number of carbonyl (C=O) groups excluding carboxylic acids is 1. The summed E-state index contributed by atoms with van der Waals surface area (Å²) < 4.78 is 0. The van der Waals surface area contributed by atoms with Gasteiger partial charge in [-0.25, -0.2) is 0 Å². The number of carbonyl (C=O) groups is 1. The number of amides is 1. The van der Waals surface area contributed by atoms with Crippen LogP contribution in [-0.2, 0) is 24.3 Å². The molecule has 0 spiro atoms. The lowest BCUT2D eigenvalue weighted by atomic mass is 10.1. The van der Waals surface area contributed by atoms with Crippen molar-refractivity contribution in [1.82, 2.24) is 10.2 Å². The zero-order valence-electron chi connectivity index (χ0n) is 14.5. The molecule has 0 saturated carbocycles. The van der Waals surface area contributed by atoms with E-state index in [1.165, 1.54) is 20.9 Å². The summed E-state index contributed by atoms with van der Waals surface area (Å²) in [6.45, 7) is 6.89. The lowest BCUT2D eigenvalue weighted by molar-refractivity contribution is -0.128. The third-order valence-corrected chi connectivity index (χ3v) is 6.12. The Bertz CT molecular complexity index is 694. The van der Waals surface area contributed by atoms with Gasteiger partial charge in [-0.1, -0.05) is 31.2 Å². The Balaban J connectivity index is 1.63. The van der Waals surface area contributed by atoms with Crippen LogP contribution in [0.25, 0.3) is 0 Å². The van der Waals surface area contributed by atoms with Crippen LogP contribution in [0.4, 0.5) is 0 Å². The average molecular weight is 343 g/mol. The fourth-order valence-electron chi connectivity index (χ4n) is 3.14. The molecule has 1 fully saturated rings. The van der Waals surface area contributed by atoms with Crippen LogP contribution in [0.2, 0.25) is 0 Å². The first-order valence-corrected chi connectivity index (χ1v) is 9.65. The Morgan fingerprint density at radius 3 is 2.67 bits per heavy atom. The van der Waals surface area contributed by atoms with Gasteiger partial charge < -0.3 is 10.2 Å². The summed E-state index contributed by atoms with van der Waals surface area (Å²) in [6.07, 6.45) is 2.80. The summed E-state index contributed by atoms with van der Waals surface area (Å²) >= 11 is 1.89. The minimum atomic E-state index is 0.289. The molecule has 1 atom stereocenters. The van der Waals surface area contributed by atoms with Crippen molar-refractivity contribution < 1.29 is 4.79 Å². The van der Waals surface area contributed by atoms with E-state index in [1.54, 1.807) is 0 Å². The summed E-state index contributed by atoms with van der Waals surface area (Å²) in [5.41, 5.74) is 2.55. The van der Waals surface area contributed by atoms with Crippen molar-refractivity contribution in [2.45, 2.75) is 52.2 Å². The lowest BCUT2D eigenvalue weighted by Crippen LogP contribution is -2.25. The van der Waals surface area contributed by atoms with Crippen LogP contribution in [0.5, 0.6) is 0 Å². The molecule has 4 heteroatoms. The van der Waals surface area contributed by atoms with E-state index in [-0.39, 0.29) is 5.91 Å². The first-order chi connectivity index (χ1) is 11.7. The molecule has 1 saturated heterocycles. The molecule has 3 rings (SSSR count). The van der Waals surface area contributed by atoms with Crippen molar-refractivity contribution >= 4 is 17.2 Å². The number of hydrogen-bond acceptors (Lipinski definition) is 3. The van der Waals surface area contributed by atoms with Gasteiger partial charge in [0.2, 0.25) is 5.91 Å². The van der Waals surface area contributed by atoms with E-state index < -0.39 is 0 Å². The molecule has 1 aromatic heterocycles. The highest BCUT2D eigenvalue weighted by molar-refractivity contribution is 7.12. The van der Waals surface area contributed by atoms with Crippen molar-refractivity contribution in [2.24, 2.45) is 0 Å². The van der Waals surface area contributed by atoms with Crippen LogP contribution in [0, 0.1) is 0 Å². The average Bonchev–Trinajstić information content (AvgIpc) is 3.23. The zero-order chi connectivity index (χ0) is 16.9. The lowest BCUT2D eigenvalue weighted by Gasteiger charge is -2.19. The second-order valence-electron chi connectivity index (χ2n) is 6.45. The zero-order valence-corrected chi connectivity index (χ0v) is 15.4. The SMILES string of the molecule is CCc1ccc(C(C)NCc2ccccc2CN2CCCC2=O)s1. The van der Waals surface area contributed by atoms with Crippen LogP contribution in [0.3, 0.4) is 0 Å². The third-order valence-electron chi connectivity index (χ3n) is 4.71. The van der Waals surface area contributed by atoms with Gasteiger partial charge in [0.25, 0.3) is 0 Å². The number of hydrogen-bond donors (Lipinski definition) is 1. The predicted octanol–water partition coefficient (Wildman–Crippen LogP) is 4.28. The molecule has 0 aliphatic carbocycles. The fourth-order valence-corrected chi connectivity index (χ4v) is 4.12. The summed E-state index contributed by atoms with van der Waals surface area (Å²) in [7, 11) is 0. The Morgan fingerprint density at radius 1 is 1.21 bits per heavy atom. The highest BCUT2D eigenvalue weighted by Crippen LogP contribution is 2.24. The summed E-state index contributed by atoms with van der Waals surface area (Å²) in [4.78, 5) is 16.7. The van der Waals surface area contributed by atoms with Crippen LogP contribution >= 0.6 is 11.3 Å². The molecule has 1 unspecified atom stereocenters. The smallest absolute Gasteiger partial charge is 0.222 e. The number of thiophene rings is 1. The van der Waals surface area contributed by atoms with Crippen LogP contribution < -0.4 is 5.32 Å². The number of likely N-dealkylation sites (tertiary alicyclic amines) is 1. The number of aryl methyl sites for hydroxylation is 1. The topological polar surface area (TPSA) is 32.3 Å². The van der Waals surface area contributed by atoms with Gasteiger partial charge in [0, 0.05) is 41.9 Å². The molecule has 128 valence electrons. The van der Waals surface area contributed by atoms with E-state index in [9.17, 15) is 4.79 Å². The van der Waals surface area contributed by atoms with Crippen LogP contribution in [0.15, 0.2) is 36.4 Å². The van der Waals surface area contributed by atoms with Crippen molar-refractivity contribution in [3.8, 4) is 0 Å². The maximum Gasteiger partial charge on any atom is 0.222 e. The van der Waals surface area contributed by atoms with Crippen LogP contribution in [-0.4, -0.2) is 17.4 Å². The summed E-state index contributed by atoms with van der Waals surface area (Å²) in [6, 6.07) is 13.3. The monoisotopic (exact) mass is 342 g/mol. The summed E-state index contributed by atoms with van der Waals surface area (Å²) in [5.74, 6) is 0.289. The van der Waals surface area contributed by atoms with E-state index in [2.05, 4.69) is 55.6 Å². The Morgan fingerprint density at radius 2 is 2.00 bits per heavy atom. The third kappa shape index (κ3) is 4.05. The highest BCUT2D eigenvalue weighted by atomic mass is 32.1. The molecule has 24 heavy (non-hydrogen) atoms. The summed E-state index contributed by atoms with van der Waals surface area (Å²) in [5, 5.41) is 3.64. The van der Waals surface area contributed by atoms with Crippen LogP contribution in [0.1, 0.15) is 53.6 Å². The molecular weight excluding hydrogens is 316 g/mol. The maximum absolute atomic E-state index is 11.9. The first kappa shape index (κ1) is 17.2. The number of nitrogens with one attached hydrogen (secondary N) is 1. The van der Waals surface area contributed by atoms with E-state index in [4.69, 9.17) is 0 Å². The molecule has 1 aliphatic rings. The fraction of sp³-hybridized carbons (Fsp3) is 0.450. The quantitative estimate of drug-likeness (QED) is 0.814. The van der Waals surface area contributed by atoms with Gasteiger partial charge in [0.05, 0.1) is 0 Å². The molecule has 2 aromatic rings. The predicted molar refractivity (Wildman–Crippen MR) is 100 cm³/mol. The molecular formula is C20H26N2OS. The normalized spacial score (nSPS) is 15.9. The van der Waals surface area contributed by atoms with Gasteiger partial charge in [-0.2, -0.15) is 0 Å². The molecule has 1 N–H and O–H groups in total.